The largest absolute Gasteiger partial charge is 0.459 e. The maximum atomic E-state index is 12.9. The van der Waals surface area contributed by atoms with Crippen LogP contribution in [0.2, 0.25) is 0 Å². The molecule has 3 aromatic carbocycles. The average molecular weight is 414 g/mol. The molecule has 0 aliphatic carbocycles. The predicted molar refractivity (Wildman–Crippen MR) is 116 cm³/mol. The van der Waals surface area contributed by atoms with Gasteiger partial charge in [-0.3, -0.25) is 14.5 Å². The topological polar surface area (TPSA) is 75.7 Å². The van der Waals surface area contributed by atoms with Crippen LogP contribution in [0.5, 0.6) is 0 Å². The van der Waals surface area contributed by atoms with Gasteiger partial charge in [0.25, 0.3) is 5.91 Å². The number of esters is 1. The molecule has 1 atom stereocenters. The monoisotopic (exact) mass is 414 g/mol. The van der Waals surface area contributed by atoms with Crippen molar-refractivity contribution in [3.8, 4) is 11.1 Å². The molecule has 0 aromatic heterocycles. The van der Waals surface area contributed by atoms with Crippen molar-refractivity contribution >= 4 is 17.9 Å². The number of urea groups is 1. The van der Waals surface area contributed by atoms with Crippen LogP contribution in [-0.2, 0) is 26.5 Å². The Morgan fingerprint density at radius 2 is 1.45 bits per heavy atom. The molecule has 31 heavy (non-hydrogen) atoms. The van der Waals surface area contributed by atoms with Crippen molar-refractivity contribution in [1.82, 2.24) is 10.2 Å². The van der Waals surface area contributed by atoms with Crippen LogP contribution < -0.4 is 5.32 Å². The van der Waals surface area contributed by atoms with E-state index >= 15 is 0 Å². The first-order valence-corrected chi connectivity index (χ1v) is 9.97. The molecule has 0 bridgehead atoms. The van der Waals surface area contributed by atoms with E-state index in [4.69, 9.17) is 4.74 Å². The van der Waals surface area contributed by atoms with E-state index in [1.165, 1.54) is 0 Å². The average Bonchev–Trinajstić information content (AvgIpc) is 3.03. The van der Waals surface area contributed by atoms with Gasteiger partial charge in [0.1, 0.15) is 18.7 Å². The summed E-state index contributed by atoms with van der Waals surface area (Å²) in [5, 5.41) is 2.68. The number of hydrogen-bond acceptors (Lipinski definition) is 4. The van der Waals surface area contributed by atoms with Gasteiger partial charge in [-0.15, -0.1) is 0 Å². The smallest absolute Gasteiger partial charge is 0.326 e. The maximum absolute atomic E-state index is 12.9. The zero-order valence-corrected chi connectivity index (χ0v) is 17.1. The highest BCUT2D eigenvalue weighted by atomic mass is 16.5. The lowest BCUT2D eigenvalue weighted by Crippen LogP contribution is -2.41. The minimum absolute atomic E-state index is 0.0630. The van der Waals surface area contributed by atoms with Gasteiger partial charge >= 0.3 is 12.0 Å². The number of imide groups is 1. The molecular weight excluding hydrogens is 392 g/mol. The Morgan fingerprint density at radius 1 is 0.871 bits per heavy atom. The molecule has 1 saturated heterocycles. The predicted octanol–water partition coefficient (Wildman–Crippen LogP) is 3.86. The van der Waals surface area contributed by atoms with Crippen LogP contribution >= 0.6 is 0 Å². The van der Waals surface area contributed by atoms with E-state index in [9.17, 15) is 14.4 Å². The molecule has 3 amide bonds. The maximum Gasteiger partial charge on any atom is 0.326 e. The Bertz CT molecular complexity index is 1100. The van der Waals surface area contributed by atoms with E-state index in [2.05, 4.69) is 5.32 Å². The first-order chi connectivity index (χ1) is 15.0. The Kier molecular flexibility index (Phi) is 5.54. The number of nitrogens with zero attached hydrogens (tertiary/aromatic N) is 1. The molecule has 0 radical (unpaired) electrons. The van der Waals surface area contributed by atoms with Crippen LogP contribution in [0, 0.1) is 0 Å². The molecule has 4 rings (SSSR count). The SMILES string of the molecule is C[C@]1(c2ccccc2)NC(=O)N(CC(=O)OCc2ccc(-c3ccccc3)cc2)C1=O. The fourth-order valence-corrected chi connectivity index (χ4v) is 3.57. The summed E-state index contributed by atoms with van der Waals surface area (Å²) in [5.74, 6) is -1.12. The third kappa shape index (κ3) is 4.19. The summed E-state index contributed by atoms with van der Waals surface area (Å²) in [6.45, 7) is 1.25. The second-order valence-electron chi connectivity index (χ2n) is 7.54. The molecule has 0 unspecified atom stereocenters. The molecule has 0 saturated carbocycles. The van der Waals surface area contributed by atoms with Crippen LogP contribution in [0.3, 0.4) is 0 Å². The van der Waals surface area contributed by atoms with Crippen molar-refractivity contribution in [2.75, 3.05) is 6.54 Å². The highest BCUT2D eigenvalue weighted by molar-refractivity contribution is 6.08. The van der Waals surface area contributed by atoms with E-state index < -0.39 is 30.0 Å². The lowest BCUT2D eigenvalue weighted by molar-refractivity contribution is -0.148. The van der Waals surface area contributed by atoms with Crippen molar-refractivity contribution in [2.24, 2.45) is 0 Å². The van der Waals surface area contributed by atoms with Crippen LogP contribution in [-0.4, -0.2) is 29.4 Å². The molecule has 3 aromatic rings. The van der Waals surface area contributed by atoms with E-state index in [1.807, 2.05) is 60.7 Å². The van der Waals surface area contributed by atoms with Gasteiger partial charge in [-0.25, -0.2) is 4.79 Å². The minimum atomic E-state index is -1.20. The van der Waals surface area contributed by atoms with Crippen LogP contribution in [0.1, 0.15) is 18.1 Å². The third-order valence-electron chi connectivity index (χ3n) is 5.37. The fraction of sp³-hybridized carbons (Fsp3) is 0.160. The third-order valence-corrected chi connectivity index (χ3v) is 5.37. The van der Waals surface area contributed by atoms with Crippen molar-refractivity contribution < 1.29 is 19.1 Å². The van der Waals surface area contributed by atoms with E-state index in [0.717, 1.165) is 21.6 Å². The number of carbonyl (C=O) groups excluding carboxylic acids is 3. The van der Waals surface area contributed by atoms with Crippen molar-refractivity contribution in [3.63, 3.8) is 0 Å². The number of nitrogens with one attached hydrogen (secondary N) is 1. The van der Waals surface area contributed by atoms with E-state index in [-0.39, 0.29) is 6.61 Å². The van der Waals surface area contributed by atoms with Crippen molar-refractivity contribution in [3.05, 3.63) is 96.1 Å². The summed E-state index contributed by atoms with van der Waals surface area (Å²) in [6.07, 6.45) is 0. The number of ether oxygens (including phenoxy) is 1. The molecule has 156 valence electrons. The van der Waals surface area contributed by atoms with Gasteiger partial charge < -0.3 is 10.1 Å². The number of rotatable bonds is 6. The molecule has 1 aliphatic heterocycles. The fourth-order valence-electron chi connectivity index (χ4n) is 3.57. The Hall–Kier alpha value is -3.93. The highest BCUT2D eigenvalue weighted by Gasteiger charge is 2.49. The van der Waals surface area contributed by atoms with Crippen molar-refractivity contribution in [1.29, 1.82) is 0 Å². The van der Waals surface area contributed by atoms with Crippen LogP contribution in [0.15, 0.2) is 84.9 Å². The van der Waals surface area contributed by atoms with Gasteiger partial charge in [-0.2, -0.15) is 0 Å². The number of carbonyl (C=O) groups is 3. The summed E-state index contributed by atoms with van der Waals surface area (Å²) < 4.78 is 5.29. The molecule has 1 aliphatic rings. The molecule has 0 spiro atoms. The second-order valence-corrected chi connectivity index (χ2v) is 7.54. The van der Waals surface area contributed by atoms with Gasteiger partial charge in [-0.05, 0) is 29.2 Å². The zero-order valence-electron chi connectivity index (χ0n) is 17.1. The summed E-state index contributed by atoms with van der Waals surface area (Å²) in [5.41, 5.74) is 2.44. The number of amides is 3. The van der Waals surface area contributed by atoms with Gasteiger partial charge in [-0.1, -0.05) is 84.9 Å². The van der Waals surface area contributed by atoms with Gasteiger partial charge in [0, 0.05) is 0 Å². The van der Waals surface area contributed by atoms with Crippen LogP contribution in [0.25, 0.3) is 11.1 Å². The second kappa shape index (κ2) is 8.44. The van der Waals surface area contributed by atoms with Gasteiger partial charge in [0.15, 0.2) is 0 Å². The minimum Gasteiger partial charge on any atom is -0.459 e. The molecular formula is C25H22N2O4. The summed E-state index contributed by atoms with van der Waals surface area (Å²) >= 11 is 0. The summed E-state index contributed by atoms with van der Waals surface area (Å²) in [7, 11) is 0. The Labute approximate surface area is 180 Å². The molecule has 6 heteroatoms. The lowest BCUT2D eigenvalue weighted by atomic mass is 9.92. The Balaban J connectivity index is 1.36. The van der Waals surface area contributed by atoms with Crippen LogP contribution in [0.4, 0.5) is 4.79 Å². The quantitative estimate of drug-likeness (QED) is 0.491. The number of hydrogen-bond donors (Lipinski definition) is 1. The lowest BCUT2D eigenvalue weighted by Gasteiger charge is -2.21. The van der Waals surface area contributed by atoms with E-state index in [0.29, 0.717) is 5.56 Å². The Morgan fingerprint density at radius 3 is 2.10 bits per heavy atom. The van der Waals surface area contributed by atoms with Gasteiger partial charge in [0.05, 0.1) is 0 Å². The number of benzene rings is 3. The normalized spacial score (nSPS) is 18.0. The molecule has 1 heterocycles. The van der Waals surface area contributed by atoms with Crippen molar-refractivity contribution in [2.45, 2.75) is 19.1 Å². The molecule has 1 fully saturated rings. The highest BCUT2D eigenvalue weighted by Crippen LogP contribution is 2.28. The summed E-state index contributed by atoms with van der Waals surface area (Å²) in [6, 6.07) is 26.0. The zero-order chi connectivity index (χ0) is 21.8. The molecule has 1 N–H and O–H groups in total. The van der Waals surface area contributed by atoms with E-state index in [1.54, 1.807) is 31.2 Å². The standard InChI is InChI=1S/C25H22N2O4/c1-25(21-10-6-3-7-11-21)23(29)27(24(30)26-25)16-22(28)31-17-18-12-14-20(15-13-18)19-8-4-2-5-9-19/h2-15H,16-17H2,1H3,(H,26,30)/t25-/m1/s1. The first-order valence-electron chi connectivity index (χ1n) is 9.97. The summed E-state index contributed by atoms with van der Waals surface area (Å²) in [4.78, 5) is 38.4. The molecule has 6 nitrogen and oxygen atoms in total. The first kappa shape index (κ1) is 20.3. The van der Waals surface area contributed by atoms with Gasteiger partial charge in [0.2, 0.25) is 0 Å².